The molecule has 7 nitrogen and oxygen atoms in total. The molecule has 0 aliphatic rings. The zero-order valence-corrected chi connectivity index (χ0v) is 15.3. The van der Waals surface area contributed by atoms with Crippen LogP contribution in [0, 0.1) is 13.8 Å². The highest BCUT2D eigenvalue weighted by Crippen LogP contribution is 2.24. The van der Waals surface area contributed by atoms with E-state index >= 15 is 0 Å². The predicted octanol–water partition coefficient (Wildman–Crippen LogP) is 3.43. The first-order valence-electron chi connectivity index (χ1n) is 8.60. The van der Waals surface area contributed by atoms with Crippen molar-refractivity contribution in [2.75, 3.05) is 11.9 Å². The van der Waals surface area contributed by atoms with E-state index in [-0.39, 0.29) is 12.5 Å². The van der Waals surface area contributed by atoms with Crippen LogP contribution in [0.15, 0.2) is 24.3 Å². The number of carbonyl (C=O) groups is 2. The lowest BCUT2D eigenvalue weighted by Crippen LogP contribution is -2.15. The molecule has 0 radical (unpaired) electrons. The molecule has 1 aromatic carbocycles. The number of H-pyrrole nitrogens is 1. The van der Waals surface area contributed by atoms with Crippen LogP contribution >= 0.6 is 0 Å². The van der Waals surface area contributed by atoms with Crippen molar-refractivity contribution >= 4 is 28.9 Å². The van der Waals surface area contributed by atoms with Gasteiger partial charge in [0, 0.05) is 12.2 Å². The maximum Gasteiger partial charge on any atom is 0.355 e. The Balaban J connectivity index is 1.97. The number of aromatic amines is 1. The minimum Gasteiger partial charge on any atom is -0.461 e. The molecule has 3 rings (SSSR count). The van der Waals surface area contributed by atoms with Crippen LogP contribution in [-0.2, 0) is 11.3 Å². The Kier molecular flexibility index (Phi) is 4.79. The summed E-state index contributed by atoms with van der Waals surface area (Å²) in [6.07, 6.45) is 0. The third-order valence-electron chi connectivity index (χ3n) is 4.40. The van der Waals surface area contributed by atoms with Crippen molar-refractivity contribution in [3.63, 3.8) is 0 Å². The highest BCUT2D eigenvalue weighted by Gasteiger charge is 2.27. The third-order valence-corrected chi connectivity index (χ3v) is 4.40. The zero-order valence-electron chi connectivity index (χ0n) is 15.3. The number of imidazole rings is 1. The number of ether oxygens (including phenoxy) is 1. The van der Waals surface area contributed by atoms with Crippen LogP contribution in [0.3, 0.4) is 0 Å². The van der Waals surface area contributed by atoms with Crippen molar-refractivity contribution < 1.29 is 14.3 Å². The van der Waals surface area contributed by atoms with Gasteiger partial charge in [-0.05, 0) is 45.4 Å². The van der Waals surface area contributed by atoms with Gasteiger partial charge in [-0.25, -0.2) is 9.78 Å². The van der Waals surface area contributed by atoms with Crippen LogP contribution in [0.1, 0.15) is 46.0 Å². The normalized spacial score (nSPS) is 10.9. The van der Waals surface area contributed by atoms with E-state index in [0.717, 1.165) is 16.7 Å². The minimum absolute atomic E-state index is 0.284. The maximum absolute atomic E-state index is 12.9. The number of hydrogen-bond donors (Lipinski definition) is 2. The fourth-order valence-corrected chi connectivity index (χ4v) is 3.27. The first kappa shape index (κ1) is 17.7. The summed E-state index contributed by atoms with van der Waals surface area (Å²) in [5, 5.41) is 2.79. The lowest BCUT2D eigenvalue weighted by atomic mass is 10.1. The largest absolute Gasteiger partial charge is 0.461 e. The quantitative estimate of drug-likeness (QED) is 0.687. The fraction of sp³-hybridized carbons (Fsp3) is 0.316. The molecule has 0 aliphatic carbocycles. The number of rotatable bonds is 5. The topological polar surface area (TPSA) is 89.0 Å². The second-order valence-corrected chi connectivity index (χ2v) is 5.96. The number of aromatic nitrogens is 3. The number of carbonyl (C=O) groups excluding carboxylic acids is 2. The summed E-state index contributed by atoms with van der Waals surface area (Å²) >= 11 is 0. The van der Waals surface area contributed by atoms with E-state index in [4.69, 9.17) is 4.74 Å². The molecule has 0 aliphatic heterocycles. The molecule has 0 saturated heterocycles. The first-order valence-corrected chi connectivity index (χ1v) is 8.60. The molecular formula is C19H22N4O3. The SMILES string of the molecule is CCOC(=O)c1c(C)c(C(=O)Nc2nc3ccccc3[nH]2)c(C)n1CC. The number of nitrogens with zero attached hydrogens (tertiary/aromatic N) is 2. The van der Waals surface area contributed by atoms with Crippen molar-refractivity contribution in [3.8, 4) is 0 Å². The van der Waals surface area contributed by atoms with Gasteiger partial charge in [-0.2, -0.15) is 0 Å². The third kappa shape index (κ3) is 2.96. The number of esters is 1. The van der Waals surface area contributed by atoms with Crippen LogP contribution in [0.5, 0.6) is 0 Å². The van der Waals surface area contributed by atoms with E-state index in [0.29, 0.717) is 29.3 Å². The van der Waals surface area contributed by atoms with Crippen molar-refractivity contribution in [2.45, 2.75) is 34.2 Å². The summed E-state index contributed by atoms with van der Waals surface area (Å²) in [6, 6.07) is 7.54. The van der Waals surface area contributed by atoms with Crippen LogP contribution in [0.2, 0.25) is 0 Å². The monoisotopic (exact) mass is 354 g/mol. The lowest BCUT2D eigenvalue weighted by Gasteiger charge is -2.08. The second-order valence-electron chi connectivity index (χ2n) is 5.96. The van der Waals surface area contributed by atoms with Crippen molar-refractivity contribution in [3.05, 3.63) is 46.8 Å². The summed E-state index contributed by atoms with van der Waals surface area (Å²) in [4.78, 5) is 32.6. The number of benzene rings is 1. The molecule has 2 aromatic heterocycles. The summed E-state index contributed by atoms with van der Waals surface area (Å²) in [5.41, 5.74) is 3.83. The second kappa shape index (κ2) is 7.03. The average Bonchev–Trinajstić information content (AvgIpc) is 3.12. The number of hydrogen-bond acceptors (Lipinski definition) is 4. The molecule has 0 saturated carbocycles. The van der Waals surface area contributed by atoms with Gasteiger partial charge in [0.25, 0.3) is 5.91 Å². The van der Waals surface area contributed by atoms with Gasteiger partial charge in [0.2, 0.25) is 5.95 Å². The Hall–Kier alpha value is -3.09. The van der Waals surface area contributed by atoms with Crippen LogP contribution in [0.4, 0.5) is 5.95 Å². The summed E-state index contributed by atoms with van der Waals surface area (Å²) < 4.78 is 6.95. The Morgan fingerprint density at radius 1 is 1.23 bits per heavy atom. The van der Waals surface area contributed by atoms with Gasteiger partial charge in [0.05, 0.1) is 23.2 Å². The Labute approximate surface area is 151 Å². The van der Waals surface area contributed by atoms with Crippen molar-refractivity contribution in [2.24, 2.45) is 0 Å². The fourth-order valence-electron chi connectivity index (χ4n) is 3.27. The minimum atomic E-state index is -0.419. The van der Waals surface area contributed by atoms with Gasteiger partial charge in [-0.1, -0.05) is 12.1 Å². The van der Waals surface area contributed by atoms with Gasteiger partial charge in [0.1, 0.15) is 5.69 Å². The Bertz CT molecular complexity index is 951. The molecule has 3 aromatic rings. The zero-order chi connectivity index (χ0) is 18.8. The van der Waals surface area contributed by atoms with E-state index in [1.807, 2.05) is 38.1 Å². The lowest BCUT2D eigenvalue weighted by molar-refractivity contribution is 0.0512. The van der Waals surface area contributed by atoms with Crippen LogP contribution < -0.4 is 5.32 Å². The van der Waals surface area contributed by atoms with E-state index in [1.54, 1.807) is 18.4 Å². The van der Waals surface area contributed by atoms with Crippen molar-refractivity contribution in [1.82, 2.24) is 14.5 Å². The van der Waals surface area contributed by atoms with E-state index in [2.05, 4.69) is 15.3 Å². The molecule has 0 bridgehead atoms. The Morgan fingerprint density at radius 2 is 1.96 bits per heavy atom. The molecule has 26 heavy (non-hydrogen) atoms. The molecule has 7 heteroatoms. The van der Waals surface area contributed by atoms with Gasteiger partial charge in [0.15, 0.2) is 0 Å². The van der Waals surface area contributed by atoms with Crippen LogP contribution in [0.25, 0.3) is 11.0 Å². The highest BCUT2D eigenvalue weighted by molar-refractivity contribution is 6.08. The number of anilines is 1. The van der Waals surface area contributed by atoms with Gasteiger partial charge >= 0.3 is 5.97 Å². The number of para-hydroxylation sites is 2. The molecular weight excluding hydrogens is 332 g/mol. The summed E-state index contributed by atoms with van der Waals surface area (Å²) in [5.74, 6) is -0.355. The number of nitrogens with one attached hydrogen (secondary N) is 2. The van der Waals surface area contributed by atoms with Gasteiger partial charge in [-0.3, -0.25) is 10.1 Å². The molecule has 2 heterocycles. The smallest absolute Gasteiger partial charge is 0.355 e. The first-order chi connectivity index (χ1) is 12.5. The number of fused-ring (bicyclic) bond motifs is 1. The van der Waals surface area contributed by atoms with Crippen molar-refractivity contribution in [1.29, 1.82) is 0 Å². The van der Waals surface area contributed by atoms with Crippen LogP contribution in [-0.4, -0.2) is 33.0 Å². The van der Waals surface area contributed by atoms with E-state index in [9.17, 15) is 9.59 Å². The maximum atomic E-state index is 12.9. The van der Waals surface area contributed by atoms with Gasteiger partial charge in [-0.15, -0.1) is 0 Å². The predicted molar refractivity (Wildman–Crippen MR) is 99.6 cm³/mol. The highest BCUT2D eigenvalue weighted by atomic mass is 16.5. The molecule has 136 valence electrons. The molecule has 0 fully saturated rings. The molecule has 1 amide bonds. The molecule has 0 unspecified atom stereocenters. The van der Waals surface area contributed by atoms with E-state index in [1.165, 1.54) is 0 Å². The summed E-state index contributed by atoms with van der Waals surface area (Å²) in [6.45, 7) is 8.13. The standard InChI is InChI=1S/C19H22N4O3/c1-5-23-12(4)15(11(3)16(23)18(25)26-6-2)17(24)22-19-20-13-9-7-8-10-14(13)21-19/h7-10H,5-6H2,1-4H3,(H2,20,21,22,24). The van der Waals surface area contributed by atoms with E-state index < -0.39 is 5.97 Å². The molecule has 2 N–H and O–H groups in total. The van der Waals surface area contributed by atoms with Gasteiger partial charge < -0.3 is 14.3 Å². The Morgan fingerprint density at radius 3 is 2.62 bits per heavy atom. The average molecular weight is 354 g/mol. The summed E-state index contributed by atoms with van der Waals surface area (Å²) in [7, 11) is 0. The molecule has 0 spiro atoms. The number of amides is 1. The molecule has 0 atom stereocenters.